The molecule has 2 rings (SSSR count). The fraction of sp³-hybridized carbons (Fsp3) is 0.833. The number of carbonyl (C=O) groups excluding carboxylic acids is 1. The molecular formula is C12H22N4O3. The molecule has 0 unspecified atom stereocenters. The van der Waals surface area contributed by atoms with E-state index < -0.39 is 5.97 Å². The van der Waals surface area contributed by atoms with Gasteiger partial charge in [-0.3, -0.25) is 10.2 Å². The Hall–Kier alpha value is -1.34. The lowest BCUT2D eigenvalue weighted by molar-refractivity contribution is -0.137. The van der Waals surface area contributed by atoms with Crippen LogP contribution in [0, 0.1) is 5.92 Å². The number of aliphatic carboxylic acids is 1. The van der Waals surface area contributed by atoms with Crippen molar-refractivity contribution in [2.45, 2.75) is 12.8 Å². The highest BCUT2D eigenvalue weighted by Crippen LogP contribution is 2.29. The van der Waals surface area contributed by atoms with Crippen LogP contribution in [-0.2, 0) is 4.79 Å². The van der Waals surface area contributed by atoms with E-state index in [4.69, 9.17) is 5.11 Å². The quantitative estimate of drug-likeness (QED) is 0.714. The first-order chi connectivity index (χ1) is 9.04. The van der Waals surface area contributed by atoms with E-state index in [1.54, 1.807) is 0 Å². The molecular weight excluding hydrogens is 248 g/mol. The molecule has 1 aliphatic heterocycles. The van der Waals surface area contributed by atoms with E-state index in [0.29, 0.717) is 12.5 Å². The standard InChI is InChI=1S/C12H22N4O3/c1-14-4-6-16(7-5-14)13-12(19)15(9-11(17)18)8-10-2-3-10/h10H,2-9H2,1H3,(H,13,19)(H,17,18). The first-order valence-electron chi connectivity index (χ1n) is 6.75. The number of hydrogen-bond acceptors (Lipinski definition) is 4. The molecule has 2 N–H and O–H groups in total. The van der Waals surface area contributed by atoms with E-state index in [-0.39, 0.29) is 12.6 Å². The molecule has 0 atom stereocenters. The van der Waals surface area contributed by atoms with Crippen molar-refractivity contribution < 1.29 is 14.7 Å². The minimum absolute atomic E-state index is 0.226. The van der Waals surface area contributed by atoms with Crippen LogP contribution in [0.4, 0.5) is 4.79 Å². The molecule has 2 amide bonds. The second kappa shape index (κ2) is 6.21. The number of carbonyl (C=O) groups is 2. The number of piperazine rings is 1. The summed E-state index contributed by atoms with van der Waals surface area (Å²) in [6.45, 7) is 3.67. The molecule has 0 bridgehead atoms. The van der Waals surface area contributed by atoms with Gasteiger partial charge in [0, 0.05) is 32.7 Å². The number of likely N-dealkylation sites (N-methyl/N-ethyl adjacent to an activating group) is 1. The zero-order chi connectivity index (χ0) is 13.8. The molecule has 0 aromatic carbocycles. The molecule has 1 aliphatic carbocycles. The summed E-state index contributed by atoms with van der Waals surface area (Å²) in [6.07, 6.45) is 2.19. The van der Waals surface area contributed by atoms with Gasteiger partial charge in [-0.25, -0.2) is 9.80 Å². The molecule has 19 heavy (non-hydrogen) atoms. The van der Waals surface area contributed by atoms with Gasteiger partial charge in [0.05, 0.1) is 0 Å². The van der Waals surface area contributed by atoms with Crippen LogP contribution in [0.2, 0.25) is 0 Å². The van der Waals surface area contributed by atoms with Crippen molar-refractivity contribution >= 4 is 12.0 Å². The number of nitrogens with one attached hydrogen (secondary N) is 1. The molecule has 0 aromatic heterocycles. The summed E-state index contributed by atoms with van der Waals surface area (Å²) in [5, 5.41) is 10.7. The van der Waals surface area contributed by atoms with Gasteiger partial charge in [-0.15, -0.1) is 0 Å². The maximum absolute atomic E-state index is 12.1. The minimum atomic E-state index is -0.964. The SMILES string of the molecule is CN1CCN(NC(=O)N(CC(=O)O)CC2CC2)CC1. The van der Waals surface area contributed by atoms with Crippen molar-refractivity contribution in [3.8, 4) is 0 Å². The molecule has 7 heteroatoms. The zero-order valence-corrected chi connectivity index (χ0v) is 11.3. The van der Waals surface area contributed by atoms with Gasteiger partial charge >= 0.3 is 12.0 Å². The van der Waals surface area contributed by atoms with Gasteiger partial charge in [-0.1, -0.05) is 0 Å². The minimum Gasteiger partial charge on any atom is -0.480 e. The van der Waals surface area contributed by atoms with E-state index in [1.807, 2.05) is 12.1 Å². The second-order valence-electron chi connectivity index (χ2n) is 5.42. The summed E-state index contributed by atoms with van der Waals surface area (Å²) >= 11 is 0. The summed E-state index contributed by atoms with van der Waals surface area (Å²) in [6, 6.07) is -0.293. The molecule has 0 radical (unpaired) electrons. The third kappa shape index (κ3) is 4.68. The van der Waals surface area contributed by atoms with Crippen molar-refractivity contribution in [1.29, 1.82) is 0 Å². The van der Waals surface area contributed by atoms with Crippen molar-refractivity contribution in [2.75, 3.05) is 46.3 Å². The van der Waals surface area contributed by atoms with Crippen LogP contribution in [0.25, 0.3) is 0 Å². The van der Waals surface area contributed by atoms with E-state index in [0.717, 1.165) is 39.0 Å². The Morgan fingerprint density at radius 2 is 1.89 bits per heavy atom. The van der Waals surface area contributed by atoms with E-state index in [9.17, 15) is 9.59 Å². The number of urea groups is 1. The lowest BCUT2D eigenvalue weighted by Crippen LogP contribution is -2.56. The Morgan fingerprint density at radius 3 is 2.42 bits per heavy atom. The van der Waals surface area contributed by atoms with Crippen molar-refractivity contribution in [3.63, 3.8) is 0 Å². The number of amides is 2. The average Bonchev–Trinajstić information content (AvgIpc) is 3.14. The first-order valence-corrected chi connectivity index (χ1v) is 6.75. The third-order valence-electron chi connectivity index (χ3n) is 3.55. The number of carboxylic acids is 1. The Balaban J connectivity index is 1.81. The highest BCUT2D eigenvalue weighted by atomic mass is 16.4. The Kier molecular flexibility index (Phi) is 4.60. The van der Waals surface area contributed by atoms with Gasteiger partial charge < -0.3 is 14.9 Å². The number of nitrogens with zero attached hydrogens (tertiary/aromatic N) is 3. The summed E-state index contributed by atoms with van der Waals surface area (Å²) in [7, 11) is 2.04. The summed E-state index contributed by atoms with van der Waals surface area (Å²) in [5.74, 6) is -0.480. The van der Waals surface area contributed by atoms with Crippen LogP contribution in [0.1, 0.15) is 12.8 Å². The van der Waals surface area contributed by atoms with Gasteiger partial charge in [-0.2, -0.15) is 0 Å². The second-order valence-corrected chi connectivity index (χ2v) is 5.42. The van der Waals surface area contributed by atoms with E-state index >= 15 is 0 Å². The number of hydrazine groups is 1. The van der Waals surface area contributed by atoms with Crippen LogP contribution in [-0.4, -0.2) is 78.2 Å². The van der Waals surface area contributed by atoms with Crippen LogP contribution >= 0.6 is 0 Å². The Labute approximate surface area is 113 Å². The van der Waals surface area contributed by atoms with Crippen LogP contribution in [0.3, 0.4) is 0 Å². The fourth-order valence-corrected chi connectivity index (χ4v) is 2.12. The van der Waals surface area contributed by atoms with Crippen LogP contribution in [0.15, 0.2) is 0 Å². The molecule has 108 valence electrons. The Bertz CT molecular complexity index is 338. The van der Waals surface area contributed by atoms with Crippen LogP contribution in [0.5, 0.6) is 0 Å². The lowest BCUT2D eigenvalue weighted by Gasteiger charge is -2.34. The topological polar surface area (TPSA) is 76.1 Å². The van der Waals surface area contributed by atoms with Gasteiger partial charge in [0.15, 0.2) is 0 Å². The normalized spacial score (nSPS) is 21.1. The molecule has 1 saturated carbocycles. The lowest BCUT2D eigenvalue weighted by atomic mass is 10.3. The van der Waals surface area contributed by atoms with Gasteiger partial charge in [-0.05, 0) is 25.8 Å². The van der Waals surface area contributed by atoms with E-state index in [1.165, 1.54) is 4.90 Å². The molecule has 7 nitrogen and oxygen atoms in total. The van der Waals surface area contributed by atoms with Gasteiger partial charge in [0.25, 0.3) is 0 Å². The molecule has 0 aromatic rings. The third-order valence-corrected chi connectivity index (χ3v) is 3.55. The van der Waals surface area contributed by atoms with Gasteiger partial charge in [0.2, 0.25) is 0 Å². The van der Waals surface area contributed by atoms with Gasteiger partial charge in [0.1, 0.15) is 6.54 Å². The molecule has 0 spiro atoms. The maximum Gasteiger partial charge on any atom is 0.332 e. The summed E-state index contributed by atoms with van der Waals surface area (Å²) < 4.78 is 0. The van der Waals surface area contributed by atoms with E-state index in [2.05, 4.69) is 10.3 Å². The Morgan fingerprint density at radius 1 is 1.26 bits per heavy atom. The summed E-state index contributed by atoms with van der Waals surface area (Å²) in [5.41, 5.74) is 2.81. The smallest absolute Gasteiger partial charge is 0.332 e. The maximum atomic E-state index is 12.1. The molecule has 2 fully saturated rings. The number of rotatable bonds is 5. The predicted molar refractivity (Wildman–Crippen MR) is 69.5 cm³/mol. The highest BCUT2D eigenvalue weighted by Gasteiger charge is 2.29. The number of hydrogen-bond donors (Lipinski definition) is 2. The molecule has 1 saturated heterocycles. The monoisotopic (exact) mass is 270 g/mol. The first kappa shape index (κ1) is 14.1. The zero-order valence-electron chi connectivity index (χ0n) is 11.3. The van der Waals surface area contributed by atoms with Crippen LogP contribution < -0.4 is 5.43 Å². The average molecular weight is 270 g/mol. The fourth-order valence-electron chi connectivity index (χ4n) is 2.12. The number of carboxylic acid groups (broad SMARTS) is 1. The van der Waals surface area contributed by atoms with Crippen molar-refractivity contribution in [1.82, 2.24) is 20.2 Å². The van der Waals surface area contributed by atoms with Crippen molar-refractivity contribution in [2.24, 2.45) is 5.92 Å². The molecule has 1 heterocycles. The molecule has 2 aliphatic rings. The van der Waals surface area contributed by atoms with Crippen molar-refractivity contribution in [3.05, 3.63) is 0 Å². The largest absolute Gasteiger partial charge is 0.480 e. The summed E-state index contributed by atoms with van der Waals surface area (Å²) in [4.78, 5) is 26.5. The predicted octanol–water partition coefficient (Wildman–Crippen LogP) is -0.345. The highest BCUT2D eigenvalue weighted by molar-refractivity contribution is 5.79.